The molecule has 2 nitrogen and oxygen atoms in total. The maximum atomic E-state index is 5.46. The summed E-state index contributed by atoms with van der Waals surface area (Å²) in [6.45, 7) is 2.12. The minimum absolute atomic E-state index is 0.329. The standard InChI is InChI=1S/C15H18INOS/c1-10-4-5-14(18-3)11(6-10)7-13(17-2)12-8-15(16)19-9-12/h4-6,8-9,13,17H,7H2,1-3H3. The zero-order valence-corrected chi connectivity index (χ0v) is 14.3. The molecular formula is C15H18INOS. The Balaban J connectivity index is 2.25. The van der Waals surface area contributed by atoms with Gasteiger partial charge in [0.25, 0.3) is 0 Å². The SMILES string of the molecule is CNC(Cc1cc(C)ccc1OC)c1csc(I)c1. The molecule has 1 unspecified atom stereocenters. The Morgan fingerprint density at radius 3 is 2.74 bits per heavy atom. The van der Waals surface area contributed by atoms with E-state index in [1.54, 1.807) is 18.4 Å². The van der Waals surface area contributed by atoms with Crippen LogP contribution >= 0.6 is 33.9 Å². The van der Waals surface area contributed by atoms with Crippen molar-refractivity contribution in [3.8, 4) is 5.75 Å². The Morgan fingerprint density at radius 2 is 2.16 bits per heavy atom. The molecule has 0 aliphatic carbocycles. The zero-order valence-electron chi connectivity index (χ0n) is 11.4. The number of methoxy groups -OCH3 is 1. The van der Waals surface area contributed by atoms with Crippen LogP contribution in [-0.4, -0.2) is 14.2 Å². The third-order valence-corrected chi connectivity index (χ3v) is 5.01. The molecular weight excluding hydrogens is 369 g/mol. The average Bonchev–Trinajstić information content (AvgIpc) is 2.82. The molecule has 1 atom stereocenters. The summed E-state index contributed by atoms with van der Waals surface area (Å²) in [5.41, 5.74) is 3.87. The third kappa shape index (κ3) is 3.70. The highest BCUT2D eigenvalue weighted by Gasteiger charge is 2.14. The summed E-state index contributed by atoms with van der Waals surface area (Å²) in [4.78, 5) is 0. The molecule has 0 amide bonds. The van der Waals surface area contributed by atoms with Gasteiger partial charge in [0.05, 0.1) is 9.99 Å². The van der Waals surface area contributed by atoms with E-state index in [2.05, 4.69) is 64.5 Å². The summed E-state index contributed by atoms with van der Waals surface area (Å²) in [6.07, 6.45) is 0.939. The summed E-state index contributed by atoms with van der Waals surface area (Å²) >= 11 is 4.15. The number of rotatable bonds is 5. The fourth-order valence-electron chi connectivity index (χ4n) is 2.18. The molecule has 1 N–H and O–H groups in total. The molecule has 0 bridgehead atoms. The van der Waals surface area contributed by atoms with Gasteiger partial charge in [-0.05, 0) is 71.6 Å². The number of nitrogens with one attached hydrogen (secondary N) is 1. The number of thiophene rings is 1. The van der Waals surface area contributed by atoms with Crippen LogP contribution < -0.4 is 10.1 Å². The summed E-state index contributed by atoms with van der Waals surface area (Å²) in [5, 5.41) is 5.63. The van der Waals surface area contributed by atoms with Gasteiger partial charge in [-0.3, -0.25) is 0 Å². The molecule has 0 radical (unpaired) electrons. The number of halogens is 1. The molecule has 0 fully saturated rings. The number of hydrogen-bond acceptors (Lipinski definition) is 3. The zero-order chi connectivity index (χ0) is 13.8. The van der Waals surface area contributed by atoms with E-state index < -0.39 is 0 Å². The monoisotopic (exact) mass is 387 g/mol. The Hall–Kier alpha value is -0.590. The average molecular weight is 387 g/mol. The van der Waals surface area contributed by atoms with Crippen LogP contribution in [0, 0.1) is 9.81 Å². The van der Waals surface area contributed by atoms with E-state index in [1.807, 2.05) is 7.05 Å². The van der Waals surface area contributed by atoms with Crippen molar-refractivity contribution < 1.29 is 4.74 Å². The number of aryl methyl sites for hydroxylation is 1. The van der Waals surface area contributed by atoms with Gasteiger partial charge in [-0.2, -0.15) is 0 Å². The van der Waals surface area contributed by atoms with Crippen LogP contribution in [0.2, 0.25) is 0 Å². The van der Waals surface area contributed by atoms with Crippen molar-refractivity contribution in [3.05, 3.63) is 49.2 Å². The van der Waals surface area contributed by atoms with Crippen molar-refractivity contribution in [1.29, 1.82) is 0 Å². The third-order valence-electron chi connectivity index (χ3n) is 3.20. The first-order valence-electron chi connectivity index (χ1n) is 6.18. The van der Waals surface area contributed by atoms with Gasteiger partial charge >= 0.3 is 0 Å². The second-order valence-electron chi connectivity index (χ2n) is 4.54. The fraction of sp³-hybridized carbons (Fsp3) is 0.333. The highest BCUT2D eigenvalue weighted by atomic mass is 127. The van der Waals surface area contributed by atoms with Crippen molar-refractivity contribution in [1.82, 2.24) is 5.32 Å². The van der Waals surface area contributed by atoms with Crippen LogP contribution in [-0.2, 0) is 6.42 Å². The normalized spacial score (nSPS) is 12.4. The van der Waals surface area contributed by atoms with E-state index in [0.717, 1.165) is 12.2 Å². The lowest BCUT2D eigenvalue weighted by Crippen LogP contribution is -2.18. The highest BCUT2D eigenvalue weighted by Crippen LogP contribution is 2.28. The minimum atomic E-state index is 0.329. The Labute approximate surface area is 132 Å². The van der Waals surface area contributed by atoms with Crippen molar-refractivity contribution in [3.63, 3.8) is 0 Å². The van der Waals surface area contributed by atoms with Crippen LogP contribution in [0.4, 0.5) is 0 Å². The number of benzene rings is 1. The van der Waals surface area contributed by atoms with Crippen LogP contribution in [0.15, 0.2) is 29.6 Å². The molecule has 0 aliphatic rings. The number of hydrogen-bond donors (Lipinski definition) is 1. The largest absolute Gasteiger partial charge is 0.496 e. The molecule has 19 heavy (non-hydrogen) atoms. The van der Waals surface area contributed by atoms with Crippen molar-refractivity contribution >= 4 is 33.9 Å². The molecule has 2 aromatic rings. The van der Waals surface area contributed by atoms with E-state index >= 15 is 0 Å². The Bertz CT molecular complexity index is 553. The van der Waals surface area contributed by atoms with Crippen molar-refractivity contribution in [2.75, 3.05) is 14.2 Å². The quantitative estimate of drug-likeness (QED) is 0.778. The topological polar surface area (TPSA) is 21.3 Å². The first kappa shape index (κ1) is 14.8. The summed E-state index contributed by atoms with van der Waals surface area (Å²) in [6, 6.07) is 8.92. The van der Waals surface area contributed by atoms with Crippen LogP contribution in [0.25, 0.3) is 0 Å². The Kier molecular flexibility index (Phi) is 5.24. The second kappa shape index (κ2) is 6.72. The van der Waals surface area contributed by atoms with E-state index in [0.29, 0.717) is 6.04 Å². The summed E-state index contributed by atoms with van der Waals surface area (Å²) in [7, 11) is 3.74. The van der Waals surface area contributed by atoms with Crippen LogP contribution in [0.1, 0.15) is 22.7 Å². The predicted octanol–water partition coefficient (Wildman–Crippen LogP) is 4.17. The van der Waals surface area contributed by atoms with E-state index in [1.165, 1.54) is 19.6 Å². The first-order valence-corrected chi connectivity index (χ1v) is 8.14. The van der Waals surface area contributed by atoms with Gasteiger partial charge in [0.1, 0.15) is 5.75 Å². The molecule has 0 aliphatic heterocycles. The molecule has 1 heterocycles. The second-order valence-corrected chi connectivity index (χ2v) is 7.35. The molecule has 0 saturated carbocycles. The first-order chi connectivity index (χ1) is 9.13. The summed E-state index contributed by atoms with van der Waals surface area (Å²) < 4.78 is 6.78. The lowest BCUT2D eigenvalue weighted by Gasteiger charge is -2.17. The van der Waals surface area contributed by atoms with Crippen molar-refractivity contribution in [2.24, 2.45) is 0 Å². The van der Waals surface area contributed by atoms with Gasteiger partial charge in [-0.25, -0.2) is 0 Å². The molecule has 2 rings (SSSR count). The fourth-order valence-corrected chi connectivity index (χ4v) is 3.61. The van der Waals surface area contributed by atoms with Gasteiger partial charge in [0, 0.05) is 6.04 Å². The lowest BCUT2D eigenvalue weighted by atomic mass is 9.99. The van der Waals surface area contributed by atoms with E-state index in [-0.39, 0.29) is 0 Å². The van der Waals surface area contributed by atoms with E-state index in [9.17, 15) is 0 Å². The maximum Gasteiger partial charge on any atom is 0.122 e. The smallest absolute Gasteiger partial charge is 0.122 e. The van der Waals surface area contributed by atoms with Gasteiger partial charge in [-0.1, -0.05) is 17.7 Å². The number of ether oxygens (including phenoxy) is 1. The molecule has 4 heteroatoms. The Morgan fingerprint density at radius 1 is 1.37 bits per heavy atom. The predicted molar refractivity (Wildman–Crippen MR) is 90.3 cm³/mol. The summed E-state index contributed by atoms with van der Waals surface area (Å²) in [5.74, 6) is 0.968. The van der Waals surface area contributed by atoms with Crippen LogP contribution in [0.3, 0.4) is 0 Å². The number of likely N-dealkylation sites (N-methyl/N-ethyl adjacent to an activating group) is 1. The van der Waals surface area contributed by atoms with Gasteiger partial charge < -0.3 is 10.1 Å². The molecule has 0 saturated heterocycles. The van der Waals surface area contributed by atoms with Crippen molar-refractivity contribution in [2.45, 2.75) is 19.4 Å². The minimum Gasteiger partial charge on any atom is -0.496 e. The van der Waals surface area contributed by atoms with Gasteiger partial charge in [0.2, 0.25) is 0 Å². The molecule has 0 spiro atoms. The van der Waals surface area contributed by atoms with Gasteiger partial charge in [0.15, 0.2) is 0 Å². The molecule has 1 aromatic carbocycles. The van der Waals surface area contributed by atoms with Crippen LogP contribution in [0.5, 0.6) is 5.75 Å². The highest BCUT2D eigenvalue weighted by molar-refractivity contribution is 14.1. The maximum absolute atomic E-state index is 5.46. The van der Waals surface area contributed by atoms with Gasteiger partial charge in [-0.15, -0.1) is 11.3 Å². The lowest BCUT2D eigenvalue weighted by molar-refractivity contribution is 0.406. The molecule has 1 aromatic heterocycles. The van der Waals surface area contributed by atoms with E-state index in [4.69, 9.17) is 4.74 Å². The molecule has 102 valence electrons.